The lowest BCUT2D eigenvalue weighted by Crippen LogP contribution is -2.48. The molecule has 0 unspecified atom stereocenters. The van der Waals surface area contributed by atoms with E-state index in [4.69, 9.17) is 29.2 Å². The number of nitrogens with zero attached hydrogens (tertiary/aromatic N) is 7. The van der Waals surface area contributed by atoms with E-state index in [-0.39, 0.29) is 6.61 Å². The highest BCUT2D eigenvalue weighted by Crippen LogP contribution is 2.33. The minimum atomic E-state index is 0.0640. The van der Waals surface area contributed by atoms with Gasteiger partial charge in [-0.25, -0.2) is 4.98 Å². The van der Waals surface area contributed by atoms with Crippen molar-refractivity contribution in [2.75, 3.05) is 62.8 Å². The fraction of sp³-hybridized carbons (Fsp3) is 0.500. The molecule has 0 aromatic carbocycles. The first-order chi connectivity index (χ1) is 19.3. The van der Waals surface area contributed by atoms with Gasteiger partial charge in [-0.1, -0.05) is 18.9 Å². The highest BCUT2D eigenvalue weighted by molar-refractivity contribution is 5.84. The fourth-order valence-electron chi connectivity index (χ4n) is 5.45. The number of aliphatic hydroxyl groups is 1. The van der Waals surface area contributed by atoms with Crippen LogP contribution in [0.3, 0.4) is 0 Å². The Kier molecular flexibility index (Phi) is 7.98. The van der Waals surface area contributed by atoms with Crippen LogP contribution in [0.5, 0.6) is 0 Å². The van der Waals surface area contributed by atoms with E-state index in [2.05, 4.69) is 30.7 Å². The number of hydrogen-bond acceptors (Lipinski definition) is 10. The van der Waals surface area contributed by atoms with Crippen molar-refractivity contribution in [3.05, 3.63) is 48.8 Å². The van der Waals surface area contributed by atoms with Gasteiger partial charge in [0, 0.05) is 57.1 Å². The first-order valence-corrected chi connectivity index (χ1v) is 13.9. The van der Waals surface area contributed by atoms with E-state index in [1.54, 1.807) is 12.5 Å². The van der Waals surface area contributed by atoms with E-state index < -0.39 is 0 Å². The average molecular weight is 533 g/mol. The number of anilines is 2. The maximum Gasteiger partial charge on any atom is 0.229 e. The Morgan fingerprint density at radius 2 is 1.90 bits per heavy atom. The van der Waals surface area contributed by atoms with E-state index in [0.29, 0.717) is 25.8 Å². The standard InChI is InChI=1S/C28H36N8O3/c37-13-16-38-15-12-34-8-10-35(11-9-34)28-32-26(25-27(33-28)36(20-31-25)23-3-1-2-4-23)30-18-21-5-6-24(29-17-21)22-7-14-39-19-22/h5-7,14,17,19-20,23,37H,1-4,8-13,15-16,18H2,(H,30,32,33). The highest BCUT2D eigenvalue weighted by atomic mass is 16.5. The topological polar surface area (TPSA) is 118 Å². The van der Waals surface area contributed by atoms with Crippen LogP contribution < -0.4 is 10.2 Å². The number of furan rings is 1. The molecule has 1 aliphatic heterocycles. The van der Waals surface area contributed by atoms with Crippen molar-refractivity contribution in [1.29, 1.82) is 0 Å². The quantitative estimate of drug-likeness (QED) is 0.279. The summed E-state index contributed by atoms with van der Waals surface area (Å²) >= 11 is 0. The Balaban J connectivity index is 1.20. The summed E-state index contributed by atoms with van der Waals surface area (Å²) in [5.74, 6) is 1.50. The molecule has 6 rings (SSSR count). The summed E-state index contributed by atoms with van der Waals surface area (Å²) in [7, 11) is 0. The van der Waals surface area contributed by atoms with E-state index >= 15 is 0 Å². The molecule has 5 heterocycles. The molecule has 2 fully saturated rings. The SMILES string of the molecule is OCCOCCN1CCN(c2nc(NCc3ccc(-c4ccoc4)nc3)c3ncn(C4CCCC4)c3n2)CC1. The van der Waals surface area contributed by atoms with Gasteiger partial charge in [0.15, 0.2) is 17.0 Å². The second kappa shape index (κ2) is 12.1. The summed E-state index contributed by atoms with van der Waals surface area (Å²) in [6.45, 7) is 6.08. The molecule has 4 aromatic rings. The second-order valence-corrected chi connectivity index (χ2v) is 10.2. The Labute approximate surface area is 227 Å². The third-order valence-electron chi connectivity index (χ3n) is 7.67. The van der Waals surface area contributed by atoms with E-state index in [0.717, 1.165) is 72.5 Å². The minimum Gasteiger partial charge on any atom is -0.472 e. The van der Waals surface area contributed by atoms with Gasteiger partial charge in [-0.15, -0.1) is 0 Å². The molecule has 1 saturated carbocycles. The molecule has 1 aliphatic carbocycles. The Morgan fingerprint density at radius 1 is 1.03 bits per heavy atom. The largest absolute Gasteiger partial charge is 0.472 e. The molecule has 4 aromatic heterocycles. The van der Waals surface area contributed by atoms with Crippen LogP contribution in [0.2, 0.25) is 0 Å². The van der Waals surface area contributed by atoms with Gasteiger partial charge in [0.1, 0.15) is 0 Å². The van der Waals surface area contributed by atoms with E-state index in [1.807, 2.05) is 24.7 Å². The summed E-state index contributed by atoms with van der Waals surface area (Å²) in [6, 6.07) is 6.43. The van der Waals surface area contributed by atoms with Gasteiger partial charge in [-0.05, 0) is 30.5 Å². The monoisotopic (exact) mass is 532 g/mol. The lowest BCUT2D eigenvalue weighted by atomic mass is 10.2. The third kappa shape index (κ3) is 5.90. The van der Waals surface area contributed by atoms with Gasteiger partial charge in [0.25, 0.3) is 0 Å². The summed E-state index contributed by atoms with van der Waals surface area (Å²) < 4.78 is 12.9. The van der Waals surface area contributed by atoms with Crippen molar-refractivity contribution in [1.82, 2.24) is 29.4 Å². The summed E-state index contributed by atoms with van der Waals surface area (Å²) in [5, 5.41) is 12.4. The maximum absolute atomic E-state index is 8.91. The normalized spacial score (nSPS) is 16.9. The molecule has 11 heteroatoms. The molecule has 2 aliphatic rings. The number of piperazine rings is 1. The van der Waals surface area contributed by atoms with Crippen molar-refractivity contribution in [3.8, 4) is 11.3 Å². The first-order valence-electron chi connectivity index (χ1n) is 13.9. The number of nitrogens with one attached hydrogen (secondary N) is 1. The number of aliphatic hydroxyl groups excluding tert-OH is 1. The zero-order valence-corrected chi connectivity index (χ0v) is 22.2. The first kappa shape index (κ1) is 25.7. The zero-order valence-electron chi connectivity index (χ0n) is 22.2. The number of pyridine rings is 1. The van der Waals surface area contributed by atoms with Crippen LogP contribution in [0.25, 0.3) is 22.4 Å². The smallest absolute Gasteiger partial charge is 0.229 e. The van der Waals surface area contributed by atoms with Gasteiger partial charge in [0.05, 0.1) is 44.4 Å². The molecule has 0 radical (unpaired) electrons. The van der Waals surface area contributed by atoms with Crippen molar-refractivity contribution >= 4 is 22.9 Å². The Morgan fingerprint density at radius 3 is 2.64 bits per heavy atom. The third-order valence-corrected chi connectivity index (χ3v) is 7.67. The molecular formula is C28H36N8O3. The summed E-state index contributed by atoms with van der Waals surface area (Å²) in [5.41, 5.74) is 4.62. The van der Waals surface area contributed by atoms with Crippen LogP contribution in [-0.4, -0.2) is 87.1 Å². The fourth-order valence-corrected chi connectivity index (χ4v) is 5.45. The molecule has 0 spiro atoms. The molecule has 0 bridgehead atoms. The van der Waals surface area contributed by atoms with Gasteiger partial charge in [0.2, 0.25) is 5.95 Å². The average Bonchev–Trinajstić information content (AvgIpc) is 3.77. The van der Waals surface area contributed by atoms with E-state index in [1.165, 1.54) is 25.7 Å². The molecular weight excluding hydrogens is 496 g/mol. The van der Waals surface area contributed by atoms with Crippen molar-refractivity contribution in [3.63, 3.8) is 0 Å². The lowest BCUT2D eigenvalue weighted by molar-refractivity contribution is 0.0724. The van der Waals surface area contributed by atoms with Gasteiger partial charge in [-0.3, -0.25) is 9.88 Å². The summed E-state index contributed by atoms with van der Waals surface area (Å²) in [4.78, 5) is 24.0. The van der Waals surface area contributed by atoms with Crippen molar-refractivity contribution in [2.24, 2.45) is 0 Å². The van der Waals surface area contributed by atoms with Crippen molar-refractivity contribution < 1.29 is 14.3 Å². The maximum atomic E-state index is 8.91. The number of fused-ring (bicyclic) bond motifs is 1. The minimum absolute atomic E-state index is 0.0640. The molecule has 0 amide bonds. The lowest BCUT2D eigenvalue weighted by Gasteiger charge is -2.34. The molecule has 1 saturated heterocycles. The van der Waals surface area contributed by atoms with Crippen molar-refractivity contribution in [2.45, 2.75) is 38.3 Å². The van der Waals surface area contributed by atoms with Crippen LogP contribution in [0.4, 0.5) is 11.8 Å². The number of hydrogen-bond donors (Lipinski definition) is 2. The van der Waals surface area contributed by atoms with Crippen LogP contribution >= 0.6 is 0 Å². The molecule has 206 valence electrons. The predicted molar refractivity (Wildman–Crippen MR) is 149 cm³/mol. The van der Waals surface area contributed by atoms with Crippen LogP contribution in [-0.2, 0) is 11.3 Å². The number of imidazole rings is 1. The highest BCUT2D eigenvalue weighted by Gasteiger charge is 2.25. The van der Waals surface area contributed by atoms with Gasteiger partial charge >= 0.3 is 0 Å². The number of ether oxygens (including phenoxy) is 1. The Hall–Kier alpha value is -3.54. The van der Waals surface area contributed by atoms with Crippen LogP contribution in [0, 0.1) is 0 Å². The van der Waals surface area contributed by atoms with Gasteiger partial charge in [-0.2, -0.15) is 9.97 Å². The summed E-state index contributed by atoms with van der Waals surface area (Å²) in [6.07, 6.45) is 12.0. The Bertz CT molecular complexity index is 1330. The van der Waals surface area contributed by atoms with E-state index in [9.17, 15) is 0 Å². The molecule has 11 nitrogen and oxygen atoms in total. The molecule has 0 atom stereocenters. The molecule has 2 N–H and O–H groups in total. The van der Waals surface area contributed by atoms with Crippen LogP contribution in [0.1, 0.15) is 37.3 Å². The zero-order chi connectivity index (χ0) is 26.4. The predicted octanol–water partition coefficient (Wildman–Crippen LogP) is 3.34. The number of aromatic nitrogens is 5. The molecule has 39 heavy (non-hydrogen) atoms. The van der Waals surface area contributed by atoms with Crippen LogP contribution in [0.15, 0.2) is 47.7 Å². The second-order valence-electron chi connectivity index (χ2n) is 10.2. The van der Waals surface area contributed by atoms with Gasteiger partial charge < -0.3 is 29.0 Å². The number of rotatable bonds is 11.